The fraction of sp³-hybridized carbons (Fsp3) is 0.286. The molecule has 0 saturated carbocycles. The largest absolute Gasteiger partial charge is 1.00 e. The van der Waals surface area contributed by atoms with Crippen LogP contribution in [-0.2, 0) is 22.1 Å². The first-order valence-electron chi connectivity index (χ1n) is 7.16. The van der Waals surface area contributed by atoms with Gasteiger partial charge in [-0.1, -0.05) is 0 Å². The molecule has 0 aliphatic carbocycles. The predicted octanol–water partition coefficient (Wildman–Crippen LogP) is -1.64. The molecule has 2 aromatic rings. The van der Waals surface area contributed by atoms with Gasteiger partial charge in [-0.05, 0) is 23.3 Å². The van der Waals surface area contributed by atoms with Gasteiger partial charge in [-0.2, -0.15) is 0 Å². The van der Waals surface area contributed by atoms with Gasteiger partial charge in [-0.25, -0.2) is 4.57 Å². The SMILES string of the molecule is Cl.O=P(O)(O)CCc1cc(-c2ccncc2)cc[n+]1CCP(=O)(O)O.[Cl-]. The molecule has 0 fully saturated rings. The Hall–Kier alpha value is -0.820. The molecule has 26 heavy (non-hydrogen) atoms. The summed E-state index contributed by atoms with van der Waals surface area (Å²) in [5.41, 5.74) is 2.33. The van der Waals surface area contributed by atoms with Crippen LogP contribution in [0.2, 0.25) is 0 Å². The van der Waals surface area contributed by atoms with Crippen molar-refractivity contribution >= 4 is 27.6 Å². The van der Waals surface area contributed by atoms with E-state index in [0.29, 0.717) is 5.69 Å². The zero-order valence-electron chi connectivity index (χ0n) is 13.6. The van der Waals surface area contributed by atoms with Crippen molar-refractivity contribution in [2.75, 3.05) is 12.3 Å². The zero-order valence-corrected chi connectivity index (χ0v) is 16.9. The summed E-state index contributed by atoms with van der Waals surface area (Å²) >= 11 is 0. The predicted molar refractivity (Wildman–Crippen MR) is 94.6 cm³/mol. The van der Waals surface area contributed by atoms with Crippen molar-refractivity contribution in [3.63, 3.8) is 0 Å². The van der Waals surface area contributed by atoms with Crippen LogP contribution in [0.25, 0.3) is 11.1 Å². The maximum absolute atomic E-state index is 11.1. The lowest BCUT2D eigenvalue weighted by atomic mass is 10.1. The molecule has 0 atom stereocenters. The van der Waals surface area contributed by atoms with E-state index in [1.807, 2.05) is 12.1 Å². The third-order valence-electron chi connectivity index (χ3n) is 3.43. The Balaban J connectivity index is 0.00000312. The molecule has 0 aliphatic rings. The van der Waals surface area contributed by atoms with E-state index >= 15 is 0 Å². The monoisotopic (exact) mass is 444 g/mol. The highest BCUT2D eigenvalue weighted by molar-refractivity contribution is 7.52. The van der Waals surface area contributed by atoms with Crippen LogP contribution in [0.3, 0.4) is 0 Å². The molecule has 0 spiro atoms. The molecule has 0 bridgehead atoms. The van der Waals surface area contributed by atoms with Gasteiger partial charge in [0.1, 0.15) is 6.16 Å². The Morgan fingerprint density at radius 1 is 0.923 bits per heavy atom. The molecule has 2 rings (SSSR count). The molecule has 0 saturated heterocycles. The van der Waals surface area contributed by atoms with Crippen molar-refractivity contribution in [2.24, 2.45) is 0 Å². The Kier molecular flexibility index (Phi) is 10.2. The van der Waals surface area contributed by atoms with Gasteiger partial charge in [-0.3, -0.25) is 14.1 Å². The molecule has 0 aromatic carbocycles. The van der Waals surface area contributed by atoms with Crippen molar-refractivity contribution in [1.82, 2.24) is 4.98 Å². The molecule has 0 unspecified atom stereocenters. The quantitative estimate of drug-likeness (QED) is 0.297. The molecule has 0 amide bonds. The fourth-order valence-electron chi connectivity index (χ4n) is 2.23. The summed E-state index contributed by atoms with van der Waals surface area (Å²) in [5, 5.41) is 0. The topological polar surface area (TPSA) is 132 Å². The number of aryl methyl sites for hydroxylation is 2. The van der Waals surface area contributed by atoms with E-state index < -0.39 is 15.2 Å². The summed E-state index contributed by atoms with van der Waals surface area (Å²) in [6.07, 6.45) is 4.38. The van der Waals surface area contributed by atoms with Gasteiger partial charge >= 0.3 is 15.2 Å². The van der Waals surface area contributed by atoms with Gasteiger partial charge in [0.25, 0.3) is 0 Å². The molecule has 146 valence electrons. The summed E-state index contributed by atoms with van der Waals surface area (Å²) in [5.74, 6) is 0. The minimum absolute atomic E-state index is 0. The lowest BCUT2D eigenvalue weighted by Gasteiger charge is -2.09. The summed E-state index contributed by atoms with van der Waals surface area (Å²) in [4.78, 5) is 40.2. The second-order valence-corrected chi connectivity index (χ2v) is 8.92. The molecule has 12 heteroatoms. The van der Waals surface area contributed by atoms with Gasteiger partial charge < -0.3 is 32.0 Å². The van der Waals surface area contributed by atoms with E-state index in [1.165, 1.54) is 0 Å². The lowest BCUT2D eigenvalue weighted by Crippen LogP contribution is -3.00. The van der Waals surface area contributed by atoms with Gasteiger partial charge in [0, 0.05) is 30.9 Å². The number of nitrogens with zero attached hydrogens (tertiary/aromatic N) is 2. The van der Waals surface area contributed by atoms with Crippen LogP contribution >= 0.6 is 27.6 Å². The molecule has 4 N–H and O–H groups in total. The lowest BCUT2D eigenvalue weighted by molar-refractivity contribution is -0.699. The second-order valence-electron chi connectivity index (χ2n) is 5.36. The molecule has 8 nitrogen and oxygen atoms in total. The smallest absolute Gasteiger partial charge is 0.331 e. The normalized spacial score (nSPS) is 11.4. The maximum Gasteiger partial charge on any atom is 0.331 e. The standard InChI is InChI=1S/C14H18N2O6P2.2ClH/c17-23(18,19)9-4-14-11-13(12-1-5-15-6-2-12)3-7-16(14)8-10-24(20,21)22;;/h1-3,5-7,11H,4,8-10H2,(H3-,17,18,19,20,21,22);2*1H. The average molecular weight is 445 g/mol. The first-order chi connectivity index (χ1) is 11.1. The van der Waals surface area contributed by atoms with E-state index in [0.717, 1.165) is 11.1 Å². The molecular formula is C14H20Cl2N2O6P2. The summed E-state index contributed by atoms with van der Waals surface area (Å²) in [6, 6.07) is 7.17. The molecule has 2 heterocycles. The highest BCUT2D eigenvalue weighted by atomic mass is 35.5. The minimum atomic E-state index is -4.17. The van der Waals surface area contributed by atoms with Crippen LogP contribution in [0.15, 0.2) is 42.9 Å². The third kappa shape index (κ3) is 8.71. The Morgan fingerprint density at radius 3 is 2.04 bits per heavy atom. The maximum atomic E-state index is 11.1. The van der Waals surface area contributed by atoms with Crippen molar-refractivity contribution < 1.29 is 45.7 Å². The van der Waals surface area contributed by atoms with E-state index in [4.69, 9.17) is 19.6 Å². The van der Waals surface area contributed by atoms with Crippen molar-refractivity contribution in [3.8, 4) is 11.1 Å². The minimum Gasteiger partial charge on any atom is -1.00 e. The summed E-state index contributed by atoms with van der Waals surface area (Å²) in [6.45, 7) is 0.0669. The van der Waals surface area contributed by atoms with Crippen LogP contribution in [0.5, 0.6) is 0 Å². The molecule has 0 aliphatic heterocycles. The summed E-state index contributed by atoms with van der Waals surface area (Å²) < 4.78 is 23.8. The number of hydrogen-bond acceptors (Lipinski definition) is 3. The third-order valence-corrected chi connectivity index (χ3v) is 5.02. The molecular weight excluding hydrogens is 425 g/mol. The van der Waals surface area contributed by atoms with E-state index in [-0.39, 0.29) is 50.1 Å². The van der Waals surface area contributed by atoms with E-state index in [1.54, 1.807) is 35.3 Å². The van der Waals surface area contributed by atoms with Crippen molar-refractivity contribution in [3.05, 3.63) is 48.5 Å². The van der Waals surface area contributed by atoms with Crippen molar-refractivity contribution in [1.29, 1.82) is 0 Å². The second kappa shape index (κ2) is 10.5. The van der Waals surface area contributed by atoms with Crippen LogP contribution in [0.1, 0.15) is 5.69 Å². The van der Waals surface area contributed by atoms with E-state index in [2.05, 4.69) is 4.98 Å². The average Bonchev–Trinajstić information content (AvgIpc) is 2.50. The first-order valence-corrected chi connectivity index (χ1v) is 10.8. The van der Waals surface area contributed by atoms with Crippen molar-refractivity contribution in [2.45, 2.75) is 13.0 Å². The van der Waals surface area contributed by atoms with Gasteiger partial charge in [-0.15, -0.1) is 12.4 Å². The van der Waals surface area contributed by atoms with Gasteiger partial charge in [0.15, 0.2) is 18.4 Å². The number of pyridine rings is 2. The number of aromatic nitrogens is 2. The number of halogens is 2. The Morgan fingerprint density at radius 2 is 1.50 bits per heavy atom. The van der Waals surface area contributed by atoms with Crippen LogP contribution in [0.4, 0.5) is 0 Å². The molecule has 2 aromatic heterocycles. The highest BCUT2D eigenvalue weighted by Crippen LogP contribution is 2.35. The first kappa shape index (κ1) is 25.2. The fourth-order valence-corrected chi connectivity index (χ4v) is 3.23. The van der Waals surface area contributed by atoms with Gasteiger partial charge in [0.2, 0.25) is 0 Å². The molecule has 0 radical (unpaired) electrons. The van der Waals surface area contributed by atoms with Crippen LogP contribution in [0, 0.1) is 0 Å². The van der Waals surface area contributed by atoms with Crippen LogP contribution in [-0.4, -0.2) is 36.9 Å². The Bertz CT molecular complexity index is 797. The zero-order chi connectivity index (χ0) is 17.8. The number of rotatable bonds is 7. The summed E-state index contributed by atoms with van der Waals surface area (Å²) in [7, 11) is -8.32. The Labute approximate surface area is 163 Å². The highest BCUT2D eigenvalue weighted by Gasteiger charge is 2.22. The van der Waals surface area contributed by atoms with Gasteiger partial charge in [0.05, 0.1) is 6.16 Å². The van der Waals surface area contributed by atoms with Crippen LogP contribution < -0.4 is 17.0 Å². The number of hydrogen-bond donors (Lipinski definition) is 4. The van der Waals surface area contributed by atoms with E-state index in [9.17, 15) is 9.13 Å².